The minimum Gasteiger partial charge on any atom is -0.246 e. The highest BCUT2D eigenvalue weighted by Crippen LogP contribution is 2.58. The lowest BCUT2D eigenvalue weighted by Gasteiger charge is -2.34. The van der Waals surface area contributed by atoms with Crippen molar-refractivity contribution in [1.29, 1.82) is 0 Å². The molecule has 3 atom stereocenters. The Morgan fingerprint density at radius 3 is 2.61 bits per heavy atom. The van der Waals surface area contributed by atoms with E-state index in [1.165, 1.54) is 30.4 Å². The van der Waals surface area contributed by atoms with Crippen LogP contribution in [-0.2, 0) is 5.41 Å². The Labute approximate surface area is 109 Å². The number of alkyl halides is 1. The molecule has 1 aromatic rings. The first kappa shape index (κ1) is 12.0. The van der Waals surface area contributed by atoms with Gasteiger partial charge in [0.15, 0.2) is 0 Å². The maximum Gasteiger partial charge on any atom is 0.111 e. The molecule has 0 aromatic heterocycles. The molecule has 1 aromatic carbocycles. The molecule has 1 saturated carbocycles. The van der Waals surface area contributed by atoms with Crippen LogP contribution in [0.25, 0.3) is 0 Å². The summed E-state index contributed by atoms with van der Waals surface area (Å²) in [6.45, 7) is 4.22. The molecule has 0 unspecified atom stereocenters. The van der Waals surface area contributed by atoms with E-state index in [1.54, 1.807) is 0 Å². The summed E-state index contributed by atoms with van der Waals surface area (Å²) in [4.78, 5) is 0. The molecule has 1 fully saturated rings. The Balaban J connectivity index is 2.13. The topological polar surface area (TPSA) is 0 Å². The highest BCUT2D eigenvalue weighted by Gasteiger charge is 2.51. The van der Waals surface area contributed by atoms with Gasteiger partial charge in [-0.2, -0.15) is 0 Å². The molecule has 0 radical (unpaired) electrons. The Morgan fingerprint density at radius 2 is 1.94 bits per heavy atom. The van der Waals surface area contributed by atoms with E-state index in [0.29, 0.717) is 11.8 Å². The zero-order valence-corrected chi connectivity index (χ0v) is 11.2. The minimum atomic E-state index is -0.255. The lowest BCUT2D eigenvalue weighted by Crippen LogP contribution is -2.30. The maximum atomic E-state index is 13.4. The quantitative estimate of drug-likeness (QED) is 0.664. The van der Waals surface area contributed by atoms with Crippen molar-refractivity contribution in [2.75, 3.05) is 6.67 Å². The van der Waals surface area contributed by atoms with Crippen molar-refractivity contribution >= 4 is 0 Å². The summed E-state index contributed by atoms with van der Waals surface area (Å²) in [5.41, 5.74) is 3.82. The van der Waals surface area contributed by atoms with E-state index in [2.05, 4.69) is 44.2 Å². The second-order valence-electron chi connectivity index (χ2n) is 6.00. The molecule has 0 aliphatic heterocycles. The van der Waals surface area contributed by atoms with Gasteiger partial charge in [-0.3, -0.25) is 0 Å². The molecule has 2 aliphatic carbocycles. The second-order valence-corrected chi connectivity index (χ2v) is 6.00. The Bertz CT molecular complexity index is 474. The molecule has 0 amide bonds. The van der Waals surface area contributed by atoms with Gasteiger partial charge in [0.05, 0.1) is 0 Å². The molecule has 0 saturated heterocycles. The zero-order chi connectivity index (χ0) is 12.8. The smallest absolute Gasteiger partial charge is 0.111 e. The first-order valence-corrected chi connectivity index (χ1v) is 7.01. The normalized spacial score (nSPS) is 35.1. The highest BCUT2D eigenvalue weighted by molar-refractivity contribution is 5.45. The van der Waals surface area contributed by atoms with Gasteiger partial charge in [0.2, 0.25) is 0 Å². The molecule has 3 rings (SSSR count). The van der Waals surface area contributed by atoms with Crippen molar-refractivity contribution in [3.05, 3.63) is 47.0 Å². The van der Waals surface area contributed by atoms with E-state index in [1.807, 2.05) is 0 Å². The van der Waals surface area contributed by atoms with Crippen LogP contribution in [0, 0.1) is 11.8 Å². The number of benzene rings is 1. The number of allylic oxidation sites excluding steroid dienone is 2. The molecule has 0 spiro atoms. The monoisotopic (exact) mass is 244 g/mol. The second kappa shape index (κ2) is 4.22. The average Bonchev–Trinajstić information content (AvgIpc) is 2.95. The highest BCUT2D eigenvalue weighted by atomic mass is 19.1. The molecular formula is C17H21F. The van der Waals surface area contributed by atoms with Crippen LogP contribution >= 0.6 is 0 Å². The van der Waals surface area contributed by atoms with Crippen LogP contribution in [0.2, 0.25) is 0 Å². The van der Waals surface area contributed by atoms with Gasteiger partial charge < -0.3 is 0 Å². The summed E-state index contributed by atoms with van der Waals surface area (Å²) in [5.74, 6) is 1.12. The van der Waals surface area contributed by atoms with E-state index in [4.69, 9.17) is 0 Å². The van der Waals surface area contributed by atoms with Gasteiger partial charge in [-0.1, -0.05) is 49.2 Å². The van der Waals surface area contributed by atoms with Crippen molar-refractivity contribution in [3.8, 4) is 0 Å². The standard InChI is InChI=1S/C17H21F/c1-12-15(11-18)14-9-6-10-16(14)17(12,2)13-7-4-3-5-8-13/h3-5,7-8,14,16H,6,9-11H2,1-2H3/t14-,16-,17-/m0/s1. The van der Waals surface area contributed by atoms with Crippen molar-refractivity contribution in [2.45, 2.75) is 38.5 Å². The third-order valence-corrected chi connectivity index (χ3v) is 5.48. The molecule has 1 heteroatoms. The van der Waals surface area contributed by atoms with Crippen LogP contribution in [0.5, 0.6) is 0 Å². The van der Waals surface area contributed by atoms with Gasteiger partial charge >= 0.3 is 0 Å². The fourth-order valence-corrected chi connectivity index (χ4v) is 4.37. The number of hydrogen-bond acceptors (Lipinski definition) is 0. The van der Waals surface area contributed by atoms with E-state index in [-0.39, 0.29) is 12.1 Å². The first-order valence-electron chi connectivity index (χ1n) is 7.01. The van der Waals surface area contributed by atoms with Gasteiger partial charge in [-0.05, 0) is 42.7 Å². The van der Waals surface area contributed by atoms with Gasteiger partial charge in [0.25, 0.3) is 0 Å². The van der Waals surface area contributed by atoms with Crippen molar-refractivity contribution < 1.29 is 4.39 Å². The van der Waals surface area contributed by atoms with Crippen molar-refractivity contribution in [3.63, 3.8) is 0 Å². The number of halogens is 1. The Hall–Kier alpha value is -1.11. The Kier molecular flexibility index (Phi) is 2.80. The van der Waals surface area contributed by atoms with E-state index in [0.717, 1.165) is 5.57 Å². The lowest BCUT2D eigenvalue weighted by atomic mass is 9.69. The van der Waals surface area contributed by atoms with E-state index >= 15 is 0 Å². The lowest BCUT2D eigenvalue weighted by molar-refractivity contribution is 0.324. The van der Waals surface area contributed by atoms with Crippen LogP contribution < -0.4 is 0 Å². The van der Waals surface area contributed by atoms with Crippen LogP contribution in [-0.4, -0.2) is 6.67 Å². The van der Waals surface area contributed by atoms with Gasteiger partial charge in [0.1, 0.15) is 6.67 Å². The zero-order valence-electron chi connectivity index (χ0n) is 11.2. The summed E-state index contributed by atoms with van der Waals surface area (Å²) >= 11 is 0. The maximum absolute atomic E-state index is 13.4. The summed E-state index contributed by atoms with van der Waals surface area (Å²) in [5, 5.41) is 0. The number of rotatable bonds is 2. The Morgan fingerprint density at radius 1 is 1.22 bits per heavy atom. The van der Waals surface area contributed by atoms with Gasteiger partial charge in [-0.25, -0.2) is 4.39 Å². The molecule has 96 valence electrons. The van der Waals surface area contributed by atoms with Crippen LogP contribution in [0.1, 0.15) is 38.7 Å². The molecule has 0 N–H and O–H groups in total. The predicted octanol–water partition coefficient (Wildman–Crippen LogP) is 4.66. The molecule has 0 bridgehead atoms. The first-order chi connectivity index (χ1) is 8.69. The van der Waals surface area contributed by atoms with Gasteiger partial charge in [-0.15, -0.1) is 0 Å². The van der Waals surface area contributed by atoms with Crippen LogP contribution in [0.15, 0.2) is 41.5 Å². The summed E-state index contributed by atoms with van der Waals surface area (Å²) in [6.07, 6.45) is 3.69. The SMILES string of the molecule is CC1=C(CF)[C@@H]2CCC[C@@H]2[C@]1(C)c1ccccc1. The molecule has 2 aliphatic rings. The fraction of sp³-hybridized carbons (Fsp3) is 0.529. The van der Waals surface area contributed by atoms with Gasteiger partial charge in [0, 0.05) is 5.41 Å². The van der Waals surface area contributed by atoms with E-state index in [9.17, 15) is 4.39 Å². The van der Waals surface area contributed by atoms with Crippen molar-refractivity contribution in [1.82, 2.24) is 0 Å². The summed E-state index contributed by atoms with van der Waals surface area (Å²) in [6, 6.07) is 10.7. The molecule has 18 heavy (non-hydrogen) atoms. The molecule has 0 heterocycles. The van der Waals surface area contributed by atoms with Crippen molar-refractivity contribution in [2.24, 2.45) is 11.8 Å². The number of fused-ring (bicyclic) bond motifs is 1. The predicted molar refractivity (Wildman–Crippen MR) is 73.3 cm³/mol. The van der Waals surface area contributed by atoms with Crippen LogP contribution in [0.4, 0.5) is 4.39 Å². The third-order valence-electron chi connectivity index (χ3n) is 5.48. The van der Waals surface area contributed by atoms with Crippen LogP contribution in [0.3, 0.4) is 0 Å². The average molecular weight is 244 g/mol. The molecule has 0 nitrogen and oxygen atoms in total. The summed E-state index contributed by atoms with van der Waals surface area (Å²) in [7, 11) is 0. The fourth-order valence-electron chi connectivity index (χ4n) is 4.37. The number of hydrogen-bond donors (Lipinski definition) is 0. The van der Waals surface area contributed by atoms with E-state index < -0.39 is 0 Å². The molecular weight excluding hydrogens is 223 g/mol. The minimum absolute atomic E-state index is 0.0594. The largest absolute Gasteiger partial charge is 0.246 e. The third kappa shape index (κ3) is 1.43. The summed E-state index contributed by atoms with van der Waals surface area (Å²) < 4.78 is 13.4.